The number of nitrogens with one attached hydrogen (secondary N) is 2. The third-order valence-corrected chi connectivity index (χ3v) is 4.20. The SMILES string of the molecule is CC(C)(CC(=O)O)CC(=O)NC(=O)NCc1ccc(Br)s1. The van der Waals surface area contributed by atoms with Crippen LogP contribution in [0.3, 0.4) is 0 Å². The molecule has 0 aromatic carbocycles. The Hall–Kier alpha value is -1.41. The fourth-order valence-corrected chi connectivity index (χ4v) is 3.16. The van der Waals surface area contributed by atoms with Crippen molar-refractivity contribution in [1.82, 2.24) is 10.6 Å². The Labute approximate surface area is 135 Å². The number of rotatable bonds is 6. The highest BCUT2D eigenvalue weighted by Gasteiger charge is 2.25. The molecule has 0 unspecified atom stereocenters. The second kappa shape index (κ2) is 7.56. The number of carbonyl (C=O) groups excluding carboxylic acids is 2. The van der Waals surface area contributed by atoms with E-state index in [1.165, 1.54) is 11.3 Å². The fraction of sp³-hybridized carbons (Fsp3) is 0.462. The van der Waals surface area contributed by atoms with Crippen molar-refractivity contribution in [1.29, 1.82) is 0 Å². The summed E-state index contributed by atoms with van der Waals surface area (Å²) in [4.78, 5) is 34.9. The fourth-order valence-electron chi connectivity index (χ4n) is 1.74. The first-order valence-corrected chi connectivity index (χ1v) is 7.82. The van der Waals surface area contributed by atoms with Gasteiger partial charge in [0.05, 0.1) is 16.8 Å². The zero-order valence-corrected chi connectivity index (χ0v) is 14.1. The van der Waals surface area contributed by atoms with Crippen molar-refractivity contribution in [2.75, 3.05) is 0 Å². The van der Waals surface area contributed by atoms with Gasteiger partial charge in [0.1, 0.15) is 0 Å². The monoisotopic (exact) mass is 376 g/mol. The molecule has 0 atom stereocenters. The van der Waals surface area contributed by atoms with E-state index in [4.69, 9.17) is 5.11 Å². The molecule has 3 amide bonds. The predicted molar refractivity (Wildman–Crippen MR) is 83.0 cm³/mol. The molecule has 3 N–H and O–H groups in total. The highest BCUT2D eigenvalue weighted by atomic mass is 79.9. The molecule has 0 bridgehead atoms. The van der Waals surface area contributed by atoms with E-state index in [9.17, 15) is 14.4 Å². The van der Waals surface area contributed by atoms with Gasteiger partial charge in [-0.15, -0.1) is 11.3 Å². The van der Waals surface area contributed by atoms with Crippen molar-refractivity contribution in [3.63, 3.8) is 0 Å². The average Bonchev–Trinajstić information content (AvgIpc) is 2.69. The first kappa shape index (κ1) is 17.6. The Balaban J connectivity index is 2.36. The van der Waals surface area contributed by atoms with E-state index in [0.29, 0.717) is 6.54 Å². The Bertz CT molecular complexity index is 542. The summed E-state index contributed by atoms with van der Waals surface area (Å²) in [5.74, 6) is -1.47. The molecule has 0 aliphatic rings. The molecule has 1 aromatic rings. The van der Waals surface area contributed by atoms with Crippen LogP contribution in [0.2, 0.25) is 0 Å². The maximum Gasteiger partial charge on any atom is 0.321 e. The van der Waals surface area contributed by atoms with Gasteiger partial charge >= 0.3 is 12.0 Å². The van der Waals surface area contributed by atoms with Crippen LogP contribution in [-0.4, -0.2) is 23.0 Å². The highest BCUT2D eigenvalue weighted by Crippen LogP contribution is 2.24. The van der Waals surface area contributed by atoms with Crippen LogP contribution < -0.4 is 10.6 Å². The molecule has 6 nitrogen and oxygen atoms in total. The van der Waals surface area contributed by atoms with E-state index in [1.54, 1.807) is 13.8 Å². The lowest BCUT2D eigenvalue weighted by molar-refractivity contribution is -0.139. The number of imide groups is 1. The smallest absolute Gasteiger partial charge is 0.321 e. The van der Waals surface area contributed by atoms with Crippen LogP contribution in [-0.2, 0) is 16.1 Å². The quantitative estimate of drug-likeness (QED) is 0.710. The molecule has 8 heteroatoms. The van der Waals surface area contributed by atoms with Crippen LogP contribution >= 0.6 is 27.3 Å². The molecule has 1 heterocycles. The molecule has 1 rings (SSSR count). The largest absolute Gasteiger partial charge is 0.481 e. The van der Waals surface area contributed by atoms with E-state index < -0.39 is 23.3 Å². The van der Waals surface area contributed by atoms with Crippen LogP contribution in [0.1, 0.15) is 31.6 Å². The van der Waals surface area contributed by atoms with E-state index in [1.807, 2.05) is 12.1 Å². The van der Waals surface area contributed by atoms with E-state index in [-0.39, 0.29) is 12.8 Å². The minimum atomic E-state index is -0.972. The lowest BCUT2D eigenvalue weighted by atomic mass is 9.85. The Morgan fingerprint density at radius 3 is 2.48 bits per heavy atom. The van der Waals surface area contributed by atoms with E-state index in [2.05, 4.69) is 26.6 Å². The maximum atomic E-state index is 11.7. The van der Waals surface area contributed by atoms with Crippen LogP contribution in [0.5, 0.6) is 0 Å². The Morgan fingerprint density at radius 2 is 1.95 bits per heavy atom. The zero-order chi connectivity index (χ0) is 16.0. The lowest BCUT2D eigenvalue weighted by Gasteiger charge is -2.21. The van der Waals surface area contributed by atoms with Crippen molar-refractivity contribution in [2.24, 2.45) is 5.41 Å². The van der Waals surface area contributed by atoms with Crippen LogP contribution in [0.15, 0.2) is 15.9 Å². The van der Waals surface area contributed by atoms with Gasteiger partial charge in [-0.2, -0.15) is 0 Å². The number of carboxylic acids is 1. The second-order valence-corrected chi connectivity index (χ2v) is 7.90. The van der Waals surface area contributed by atoms with Gasteiger partial charge in [-0.1, -0.05) is 13.8 Å². The van der Waals surface area contributed by atoms with Gasteiger partial charge in [-0.25, -0.2) is 4.79 Å². The summed E-state index contributed by atoms with van der Waals surface area (Å²) in [6.45, 7) is 3.66. The minimum Gasteiger partial charge on any atom is -0.481 e. The van der Waals surface area contributed by atoms with Crippen molar-refractivity contribution in [3.05, 3.63) is 20.8 Å². The number of carbonyl (C=O) groups is 3. The summed E-state index contributed by atoms with van der Waals surface area (Å²) in [5.41, 5.74) is -0.700. The molecule has 0 aliphatic heterocycles. The molecular formula is C13H17BrN2O4S. The summed E-state index contributed by atoms with van der Waals surface area (Å²) >= 11 is 4.81. The number of halogens is 1. The molecule has 0 fully saturated rings. The minimum absolute atomic E-state index is 0.0305. The predicted octanol–water partition coefficient (Wildman–Crippen LogP) is 2.73. The molecule has 0 saturated carbocycles. The van der Waals surface area contributed by atoms with Crippen LogP contribution in [0.4, 0.5) is 4.79 Å². The molecule has 116 valence electrons. The topological polar surface area (TPSA) is 95.5 Å². The average molecular weight is 377 g/mol. The van der Waals surface area contributed by atoms with Crippen molar-refractivity contribution >= 4 is 45.2 Å². The van der Waals surface area contributed by atoms with Crippen molar-refractivity contribution in [3.8, 4) is 0 Å². The summed E-state index contributed by atoms with van der Waals surface area (Å²) in [7, 11) is 0. The standard InChI is InChI=1S/C13H17BrN2O4S/c1-13(2,6-11(18)19)5-10(17)16-12(20)15-7-8-3-4-9(14)21-8/h3-4H,5-7H2,1-2H3,(H,18,19)(H2,15,16,17,20). The lowest BCUT2D eigenvalue weighted by Crippen LogP contribution is -2.40. The van der Waals surface area contributed by atoms with Gasteiger partial charge in [0.25, 0.3) is 0 Å². The van der Waals surface area contributed by atoms with Crippen LogP contribution in [0.25, 0.3) is 0 Å². The summed E-state index contributed by atoms with van der Waals surface area (Å²) in [5, 5.41) is 13.5. The van der Waals surface area contributed by atoms with Gasteiger partial charge in [0, 0.05) is 11.3 Å². The molecule has 0 spiro atoms. The Morgan fingerprint density at radius 1 is 1.29 bits per heavy atom. The molecule has 0 aliphatic carbocycles. The second-order valence-electron chi connectivity index (χ2n) is 5.35. The summed E-state index contributed by atoms with van der Waals surface area (Å²) in [6, 6.07) is 3.15. The van der Waals surface area contributed by atoms with Crippen molar-refractivity contribution in [2.45, 2.75) is 33.2 Å². The molecule has 1 aromatic heterocycles. The maximum absolute atomic E-state index is 11.7. The number of aliphatic carboxylic acids is 1. The highest BCUT2D eigenvalue weighted by molar-refractivity contribution is 9.11. The number of hydrogen-bond acceptors (Lipinski definition) is 4. The number of amides is 3. The van der Waals surface area contributed by atoms with E-state index in [0.717, 1.165) is 8.66 Å². The normalized spacial score (nSPS) is 11.0. The van der Waals surface area contributed by atoms with Gasteiger partial charge in [0.2, 0.25) is 5.91 Å². The zero-order valence-electron chi connectivity index (χ0n) is 11.7. The third kappa shape index (κ3) is 7.24. The van der Waals surface area contributed by atoms with Crippen molar-refractivity contribution < 1.29 is 19.5 Å². The van der Waals surface area contributed by atoms with Gasteiger partial charge < -0.3 is 10.4 Å². The van der Waals surface area contributed by atoms with Crippen LogP contribution in [0, 0.1) is 5.41 Å². The number of hydrogen-bond donors (Lipinski definition) is 3. The summed E-state index contributed by atoms with van der Waals surface area (Å²) in [6.07, 6.45) is -0.164. The van der Waals surface area contributed by atoms with Gasteiger partial charge in [0.15, 0.2) is 0 Å². The van der Waals surface area contributed by atoms with E-state index >= 15 is 0 Å². The summed E-state index contributed by atoms with van der Waals surface area (Å²) < 4.78 is 0.964. The number of carboxylic acid groups (broad SMARTS) is 1. The molecular weight excluding hydrogens is 360 g/mol. The van der Waals surface area contributed by atoms with Gasteiger partial charge in [-0.3, -0.25) is 14.9 Å². The molecule has 21 heavy (non-hydrogen) atoms. The third-order valence-electron chi connectivity index (χ3n) is 2.57. The number of urea groups is 1. The number of thiophene rings is 1. The first-order valence-electron chi connectivity index (χ1n) is 6.22. The Kier molecular flexibility index (Phi) is 6.35. The van der Waals surface area contributed by atoms with Gasteiger partial charge in [-0.05, 0) is 33.5 Å². The molecule has 0 radical (unpaired) electrons. The first-order chi connectivity index (χ1) is 9.68. The molecule has 0 saturated heterocycles.